The fraction of sp³-hybridized carbons (Fsp3) is 0.167. The SMILES string of the molecule is Cc1ccc(Cl)c(OCc2csc(C(=O)Nc3cnn(Cc4ccccc4C)c3)c2)c1. The van der Waals surface area contributed by atoms with Gasteiger partial charge in [0.15, 0.2) is 0 Å². The van der Waals surface area contributed by atoms with Gasteiger partial charge < -0.3 is 10.1 Å². The quantitative estimate of drug-likeness (QED) is 0.369. The van der Waals surface area contributed by atoms with Gasteiger partial charge in [-0.05, 0) is 54.1 Å². The minimum atomic E-state index is -0.166. The molecule has 0 aliphatic rings. The Labute approximate surface area is 190 Å². The second kappa shape index (κ2) is 9.37. The first kappa shape index (κ1) is 21.2. The van der Waals surface area contributed by atoms with Gasteiger partial charge in [0.1, 0.15) is 12.4 Å². The highest BCUT2D eigenvalue weighted by Crippen LogP contribution is 2.27. The van der Waals surface area contributed by atoms with E-state index in [-0.39, 0.29) is 5.91 Å². The first-order valence-electron chi connectivity index (χ1n) is 9.82. The summed E-state index contributed by atoms with van der Waals surface area (Å²) in [6.07, 6.45) is 3.50. The summed E-state index contributed by atoms with van der Waals surface area (Å²) in [5, 5.41) is 9.75. The van der Waals surface area contributed by atoms with E-state index in [4.69, 9.17) is 16.3 Å². The maximum Gasteiger partial charge on any atom is 0.265 e. The number of nitrogens with one attached hydrogen (secondary N) is 1. The molecule has 1 amide bonds. The number of nitrogens with zero attached hydrogens (tertiary/aromatic N) is 2. The maximum atomic E-state index is 12.6. The summed E-state index contributed by atoms with van der Waals surface area (Å²) in [4.78, 5) is 13.2. The second-order valence-corrected chi connectivity index (χ2v) is 8.67. The Bertz CT molecular complexity index is 1220. The molecule has 0 aliphatic heterocycles. The monoisotopic (exact) mass is 451 g/mol. The molecular weight excluding hydrogens is 430 g/mol. The second-order valence-electron chi connectivity index (χ2n) is 7.35. The third kappa shape index (κ3) is 5.34. The highest BCUT2D eigenvalue weighted by Gasteiger charge is 2.12. The van der Waals surface area contributed by atoms with Gasteiger partial charge in [-0.2, -0.15) is 5.10 Å². The van der Waals surface area contributed by atoms with Crippen molar-refractivity contribution in [2.45, 2.75) is 27.0 Å². The fourth-order valence-electron chi connectivity index (χ4n) is 3.12. The predicted octanol–water partition coefficient (Wildman–Crippen LogP) is 6.09. The molecule has 0 bridgehead atoms. The fourth-order valence-corrected chi connectivity index (χ4v) is 4.09. The number of carbonyl (C=O) groups excluding carboxylic acids is 1. The van der Waals surface area contributed by atoms with Gasteiger partial charge in [0, 0.05) is 11.8 Å². The van der Waals surface area contributed by atoms with Crippen molar-refractivity contribution >= 4 is 34.5 Å². The third-order valence-corrected chi connectivity index (χ3v) is 6.13. The largest absolute Gasteiger partial charge is 0.487 e. The van der Waals surface area contributed by atoms with Crippen LogP contribution in [0.1, 0.15) is 31.9 Å². The number of halogens is 1. The van der Waals surface area contributed by atoms with Crippen LogP contribution in [0.2, 0.25) is 5.02 Å². The predicted molar refractivity (Wildman–Crippen MR) is 125 cm³/mol. The van der Waals surface area contributed by atoms with Crippen molar-refractivity contribution in [3.63, 3.8) is 0 Å². The first-order chi connectivity index (χ1) is 15.0. The molecule has 2 heterocycles. The summed E-state index contributed by atoms with van der Waals surface area (Å²) in [6, 6.07) is 15.7. The number of amides is 1. The van der Waals surface area contributed by atoms with E-state index in [0.29, 0.717) is 34.5 Å². The number of thiophene rings is 1. The number of rotatable bonds is 7. The summed E-state index contributed by atoms with van der Waals surface area (Å²) >= 11 is 7.55. The normalized spacial score (nSPS) is 10.8. The zero-order valence-corrected chi connectivity index (χ0v) is 18.8. The Balaban J connectivity index is 1.35. The number of ether oxygens (including phenoxy) is 1. The molecule has 4 aromatic rings. The maximum absolute atomic E-state index is 12.6. The molecule has 0 unspecified atom stereocenters. The topological polar surface area (TPSA) is 56.1 Å². The number of hydrogen-bond acceptors (Lipinski definition) is 4. The molecule has 4 rings (SSSR count). The lowest BCUT2D eigenvalue weighted by Gasteiger charge is -2.07. The molecule has 7 heteroatoms. The van der Waals surface area contributed by atoms with Crippen molar-refractivity contribution in [1.29, 1.82) is 0 Å². The van der Waals surface area contributed by atoms with E-state index in [1.54, 1.807) is 6.20 Å². The van der Waals surface area contributed by atoms with Crippen LogP contribution in [0.15, 0.2) is 66.3 Å². The van der Waals surface area contributed by atoms with Crippen molar-refractivity contribution in [2.24, 2.45) is 0 Å². The van der Waals surface area contributed by atoms with E-state index >= 15 is 0 Å². The first-order valence-corrected chi connectivity index (χ1v) is 11.1. The van der Waals surface area contributed by atoms with Crippen LogP contribution in [0, 0.1) is 13.8 Å². The van der Waals surface area contributed by atoms with E-state index < -0.39 is 0 Å². The van der Waals surface area contributed by atoms with Gasteiger partial charge in [-0.3, -0.25) is 9.48 Å². The summed E-state index contributed by atoms with van der Waals surface area (Å²) in [6.45, 7) is 5.07. The molecule has 1 N–H and O–H groups in total. The number of anilines is 1. The van der Waals surface area contributed by atoms with Crippen molar-refractivity contribution in [2.75, 3.05) is 5.32 Å². The van der Waals surface area contributed by atoms with Crippen molar-refractivity contribution in [3.05, 3.63) is 98.5 Å². The van der Waals surface area contributed by atoms with Crippen molar-refractivity contribution in [1.82, 2.24) is 9.78 Å². The summed E-state index contributed by atoms with van der Waals surface area (Å²) in [5.74, 6) is 0.472. The molecule has 5 nitrogen and oxygen atoms in total. The smallest absolute Gasteiger partial charge is 0.265 e. The number of aryl methyl sites for hydroxylation is 2. The van der Waals surface area contributed by atoms with Crippen LogP contribution in [-0.2, 0) is 13.2 Å². The molecule has 0 atom stereocenters. The summed E-state index contributed by atoms with van der Waals surface area (Å²) in [7, 11) is 0. The zero-order valence-electron chi connectivity index (χ0n) is 17.3. The van der Waals surface area contributed by atoms with Crippen molar-refractivity contribution < 1.29 is 9.53 Å². The molecule has 0 radical (unpaired) electrons. The number of benzene rings is 2. The van der Waals surface area contributed by atoms with Crippen LogP contribution in [0.25, 0.3) is 0 Å². The van der Waals surface area contributed by atoms with Crippen LogP contribution < -0.4 is 10.1 Å². The Hall–Kier alpha value is -3.09. The minimum absolute atomic E-state index is 0.166. The van der Waals surface area contributed by atoms with Gasteiger partial charge in [0.25, 0.3) is 5.91 Å². The molecule has 0 spiro atoms. The van der Waals surface area contributed by atoms with Gasteiger partial charge in [-0.25, -0.2) is 0 Å². The standard InChI is InChI=1S/C24H22ClN3O2S/c1-16-7-8-21(25)22(9-16)30-14-18-10-23(31-15-18)24(29)27-20-11-26-28(13-20)12-19-6-4-3-5-17(19)2/h3-11,13,15H,12,14H2,1-2H3,(H,27,29). The Morgan fingerprint density at radius 3 is 2.87 bits per heavy atom. The lowest BCUT2D eigenvalue weighted by molar-refractivity contribution is 0.103. The molecule has 2 aromatic carbocycles. The number of aromatic nitrogens is 2. The molecule has 2 aromatic heterocycles. The number of carbonyl (C=O) groups is 1. The highest BCUT2D eigenvalue weighted by molar-refractivity contribution is 7.12. The Kier molecular flexibility index (Phi) is 6.39. The lowest BCUT2D eigenvalue weighted by Crippen LogP contribution is -2.09. The van der Waals surface area contributed by atoms with E-state index in [1.807, 2.05) is 59.6 Å². The summed E-state index contributed by atoms with van der Waals surface area (Å²) < 4.78 is 7.63. The van der Waals surface area contributed by atoms with Crippen LogP contribution in [-0.4, -0.2) is 15.7 Å². The minimum Gasteiger partial charge on any atom is -0.487 e. The highest BCUT2D eigenvalue weighted by atomic mass is 35.5. The third-order valence-electron chi connectivity index (χ3n) is 4.84. The lowest BCUT2D eigenvalue weighted by atomic mass is 10.1. The average molecular weight is 452 g/mol. The van der Waals surface area contributed by atoms with Crippen molar-refractivity contribution in [3.8, 4) is 5.75 Å². The zero-order chi connectivity index (χ0) is 21.8. The van der Waals surface area contributed by atoms with Crippen LogP contribution >= 0.6 is 22.9 Å². The molecule has 0 aliphatic carbocycles. The molecule has 31 heavy (non-hydrogen) atoms. The van der Waals surface area contributed by atoms with E-state index in [1.165, 1.54) is 22.5 Å². The van der Waals surface area contributed by atoms with E-state index in [9.17, 15) is 4.79 Å². The van der Waals surface area contributed by atoms with Gasteiger partial charge >= 0.3 is 0 Å². The van der Waals surface area contributed by atoms with Gasteiger partial charge in [0.05, 0.1) is 28.3 Å². The van der Waals surface area contributed by atoms with Gasteiger partial charge in [0.2, 0.25) is 0 Å². The molecule has 158 valence electrons. The van der Waals surface area contributed by atoms with Crippen LogP contribution in [0.4, 0.5) is 5.69 Å². The molecule has 0 saturated heterocycles. The Morgan fingerprint density at radius 2 is 2.03 bits per heavy atom. The van der Waals surface area contributed by atoms with Crippen LogP contribution in [0.5, 0.6) is 5.75 Å². The Morgan fingerprint density at radius 1 is 1.19 bits per heavy atom. The average Bonchev–Trinajstić information content (AvgIpc) is 3.40. The number of hydrogen-bond donors (Lipinski definition) is 1. The molecule has 0 saturated carbocycles. The van der Waals surface area contributed by atoms with Crippen LogP contribution in [0.3, 0.4) is 0 Å². The van der Waals surface area contributed by atoms with E-state index in [0.717, 1.165) is 11.1 Å². The summed E-state index contributed by atoms with van der Waals surface area (Å²) in [5.41, 5.74) is 5.07. The van der Waals surface area contributed by atoms with E-state index in [2.05, 4.69) is 29.5 Å². The van der Waals surface area contributed by atoms with Gasteiger partial charge in [-0.1, -0.05) is 41.9 Å². The van der Waals surface area contributed by atoms with Gasteiger partial charge in [-0.15, -0.1) is 11.3 Å². The molecule has 0 fully saturated rings. The molecular formula is C24H22ClN3O2S.